The van der Waals surface area contributed by atoms with E-state index < -0.39 is 28.9 Å². The van der Waals surface area contributed by atoms with Crippen molar-refractivity contribution in [1.29, 1.82) is 0 Å². The van der Waals surface area contributed by atoms with Crippen LogP contribution in [0.4, 0.5) is 26.3 Å². The van der Waals surface area contributed by atoms with Crippen LogP contribution in [0.3, 0.4) is 0 Å². The number of halogens is 7. The molecule has 0 amide bonds. The van der Waals surface area contributed by atoms with Gasteiger partial charge in [0.1, 0.15) is 16.6 Å². The predicted molar refractivity (Wildman–Crippen MR) is 43.0 cm³/mol. The summed E-state index contributed by atoms with van der Waals surface area (Å²) in [4.78, 5) is 0. The molecule has 16 heavy (non-hydrogen) atoms. The lowest BCUT2D eigenvalue weighted by Gasteiger charge is -2.20. The lowest BCUT2D eigenvalue weighted by molar-refractivity contribution is -0.360. The van der Waals surface area contributed by atoms with E-state index >= 15 is 0 Å². The minimum Gasteiger partial charge on any atom is -0.424 e. The lowest BCUT2D eigenvalue weighted by atomic mass is 10.3. The molecule has 0 saturated heterocycles. The third-order valence-corrected chi connectivity index (χ3v) is 1.85. The largest absolute Gasteiger partial charge is 0.499 e. The first-order valence-electron chi connectivity index (χ1n) is 3.73. The topological polar surface area (TPSA) is 9.23 Å². The van der Waals surface area contributed by atoms with Crippen molar-refractivity contribution >= 4 is 11.6 Å². The van der Waals surface area contributed by atoms with E-state index in [2.05, 4.69) is 4.74 Å². The van der Waals surface area contributed by atoms with Gasteiger partial charge in [0.05, 0.1) is 0 Å². The molecule has 1 aromatic carbocycles. The number of benzene rings is 1. The Balaban J connectivity index is 3.02. The van der Waals surface area contributed by atoms with Crippen LogP contribution in [-0.4, -0.2) is 12.3 Å². The van der Waals surface area contributed by atoms with Crippen molar-refractivity contribution in [1.82, 2.24) is 0 Å². The van der Waals surface area contributed by atoms with Gasteiger partial charge in [0.2, 0.25) is 0 Å². The van der Waals surface area contributed by atoms with Gasteiger partial charge < -0.3 is 4.74 Å². The number of alkyl halides is 5. The summed E-state index contributed by atoms with van der Waals surface area (Å²) in [6.07, 6.45) is -11.3. The molecule has 0 atom stereocenters. The molecule has 0 aromatic heterocycles. The molecule has 0 aliphatic carbocycles. The second-order valence-electron chi connectivity index (χ2n) is 2.67. The summed E-state index contributed by atoms with van der Waals surface area (Å²) in [7, 11) is 0. The molecule has 0 spiro atoms. The minimum atomic E-state index is -5.90. The van der Waals surface area contributed by atoms with Crippen LogP contribution in [-0.2, 0) is 0 Å². The second-order valence-corrected chi connectivity index (χ2v) is 3.05. The first-order valence-corrected chi connectivity index (χ1v) is 4.10. The minimum absolute atomic E-state index is 0.699. The monoisotopic (exact) mass is 264 g/mol. The Morgan fingerprint density at radius 1 is 1.06 bits per heavy atom. The number of ether oxygens (including phenoxy) is 1. The summed E-state index contributed by atoms with van der Waals surface area (Å²) in [6, 6.07) is 2.38. The summed E-state index contributed by atoms with van der Waals surface area (Å²) in [5.41, 5.74) is 0. The molecule has 8 heteroatoms. The van der Waals surface area contributed by atoms with Crippen LogP contribution in [0.1, 0.15) is 0 Å². The number of hydrogen-bond acceptors (Lipinski definition) is 1. The average Bonchev–Trinajstić information content (AvgIpc) is 2.11. The van der Waals surface area contributed by atoms with Crippen LogP contribution < -0.4 is 4.74 Å². The van der Waals surface area contributed by atoms with Crippen molar-refractivity contribution in [3.05, 3.63) is 29.0 Å². The molecule has 0 aliphatic rings. The van der Waals surface area contributed by atoms with E-state index in [1.165, 1.54) is 0 Å². The number of hydrogen-bond donors (Lipinski definition) is 0. The van der Waals surface area contributed by atoms with Crippen molar-refractivity contribution < 1.29 is 31.1 Å². The Labute approximate surface area is 90.6 Å². The maximum absolute atomic E-state index is 12.7. The Bertz CT molecular complexity index is 389. The fraction of sp³-hybridized carbons (Fsp3) is 0.250. The second kappa shape index (κ2) is 4.04. The fourth-order valence-corrected chi connectivity index (χ4v) is 0.923. The van der Waals surface area contributed by atoms with E-state index in [4.69, 9.17) is 11.6 Å². The normalized spacial score (nSPS) is 12.7. The van der Waals surface area contributed by atoms with E-state index in [1.807, 2.05) is 0 Å². The van der Waals surface area contributed by atoms with Gasteiger partial charge in [-0.05, 0) is 12.1 Å². The van der Waals surface area contributed by atoms with E-state index in [0.29, 0.717) is 6.07 Å². The van der Waals surface area contributed by atoms with Crippen molar-refractivity contribution in [3.63, 3.8) is 0 Å². The van der Waals surface area contributed by atoms with Crippen LogP contribution in [0.25, 0.3) is 0 Å². The van der Waals surface area contributed by atoms with Gasteiger partial charge in [-0.15, -0.1) is 0 Å². The zero-order chi connectivity index (χ0) is 12.6. The van der Waals surface area contributed by atoms with Crippen LogP contribution in [0, 0.1) is 5.82 Å². The van der Waals surface area contributed by atoms with Gasteiger partial charge in [-0.2, -0.15) is 22.0 Å². The van der Waals surface area contributed by atoms with Crippen molar-refractivity contribution in [3.8, 4) is 5.75 Å². The van der Waals surface area contributed by atoms with E-state index in [-0.39, 0.29) is 0 Å². The average molecular weight is 265 g/mol. The van der Waals surface area contributed by atoms with Crippen molar-refractivity contribution in [2.75, 3.05) is 0 Å². The van der Waals surface area contributed by atoms with Crippen molar-refractivity contribution in [2.24, 2.45) is 0 Å². The van der Waals surface area contributed by atoms with Crippen LogP contribution in [0.5, 0.6) is 5.75 Å². The molecule has 0 heterocycles. The highest BCUT2D eigenvalue weighted by Crippen LogP contribution is 2.39. The highest BCUT2D eigenvalue weighted by atomic mass is 35.5. The third kappa shape index (κ3) is 2.52. The molecule has 1 aromatic rings. The molecule has 1 nitrogen and oxygen atoms in total. The molecule has 0 unspecified atom stereocenters. The maximum Gasteiger partial charge on any atom is 0.499 e. The number of rotatable bonds is 2. The molecular formula is C8H3ClF6O. The molecule has 0 aliphatic heterocycles. The third-order valence-electron chi connectivity index (χ3n) is 1.48. The zero-order valence-corrected chi connectivity index (χ0v) is 8.04. The molecule has 1 rings (SSSR count). The van der Waals surface area contributed by atoms with Gasteiger partial charge in [-0.25, -0.2) is 4.39 Å². The molecule has 0 fully saturated rings. The first-order chi connectivity index (χ1) is 7.15. The molecule has 0 radical (unpaired) electrons. The van der Waals surface area contributed by atoms with Gasteiger partial charge in [-0.1, -0.05) is 17.7 Å². The summed E-state index contributed by atoms with van der Waals surface area (Å²) in [6.45, 7) is 0. The molecule has 0 bridgehead atoms. The van der Waals surface area contributed by atoms with Crippen molar-refractivity contribution in [2.45, 2.75) is 12.3 Å². The molecular weight excluding hydrogens is 262 g/mol. The van der Waals surface area contributed by atoms with Gasteiger partial charge in [0.15, 0.2) is 0 Å². The Morgan fingerprint density at radius 3 is 2.12 bits per heavy atom. The van der Waals surface area contributed by atoms with Crippen LogP contribution in [0.2, 0.25) is 5.02 Å². The SMILES string of the molecule is Fc1cccc(OC(F)(F)C(F)(F)F)c1Cl. The Kier molecular flexibility index (Phi) is 3.27. The Hall–Kier alpha value is -1.11. The molecule has 0 N–H and O–H groups in total. The lowest BCUT2D eigenvalue weighted by Crippen LogP contribution is -2.41. The summed E-state index contributed by atoms with van der Waals surface area (Å²) >= 11 is 5.15. The van der Waals surface area contributed by atoms with Gasteiger partial charge in [0, 0.05) is 0 Å². The summed E-state index contributed by atoms with van der Waals surface area (Å²) in [5, 5.41) is -0.938. The molecule has 0 saturated carbocycles. The van der Waals surface area contributed by atoms with Gasteiger partial charge in [-0.3, -0.25) is 0 Å². The summed E-state index contributed by atoms with van der Waals surface area (Å²) < 4.78 is 76.1. The van der Waals surface area contributed by atoms with Crippen LogP contribution in [0.15, 0.2) is 18.2 Å². The standard InChI is InChI=1S/C8H3ClF6O/c9-6-4(10)2-1-3-5(6)16-8(14,15)7(11,12)13/h1-3H. The Morgan fingerprint density at radius 2 is 1.62 bits per heavy atom. The zero-order valence-electron chi connectivity index (χ0n) is 7.29. The van der Waals surface area contributed by atoms with E-state index in [9.17, 15) is 26.3 Å². The van der Waals surface area contributed by atoms with E-state index in [1.54, 1.807) is 0 Å². The van der Waals surface area contributed by atoms with Gasteiger partial charge in [0.25, 0.3) is 0 Å². The van der Waals surface area contributed by atoms with Crippen LogP contribution >= 0.6 is 11.6 Å². The molecule has 90 valence electrons. The first kappa shape index (κ1) is 13.0. The maximum atomic E-state index is 12.7. The highest BCUT2D eigenvalue weighted by molar-refractivity contribution is 6.32. The predicted octanol–water partition coefficient (Wildman–Crippen LogP) is 4.01. The quantitative estimate of drug-likeness (QED) is 0.733. The fourth-order valence-electron chi connectivity index (χ4n) is 0.759. The van der Waals surface area contributed by atoms with E-state index in [0.717, 1.165) is 12.1 Å². The summed E-state index contributed by atoms with van der Waals surface area (Å²) in [5.74, 6) is -2.24. The van der Waals surface area contributed by atoms with Gasteiger partial charge >= 0.3 is 12.3 Å². The highest BCUT2D eigenvalue weighted by Gasteiger charge is 2.61. The smallest absolute Gasteiger partial charge is 0.424 e.